The van der Waals surface area contributed by atoms with E-state index in [1.807, 2.05) is 67.6 Å². The fourth-order valence-electron chi connectivity index (χ4n) is 2.96. The van der Waals surface area contributed by atoms with Crippen molar-refractivity contribution in [3.05, 3.63) is 102 Å². The van der Waals surface area contributed by atoms with Crippen molar-refractivity contribution in [3.8, 4) is 16.9 Å². The minimum Gasteiger partial charge on any atom is -0.506 e. The van der Waals surface area contributed by atoms with Gasteiger partial charge in [0.25, 0.3) is 0 Å². The van der Waals surface area contributed by atoms with Gasteiger partial charge >= 0.3 is 0 Å². The molecule has 30 heavy (non-hydrogen) atoms. The third-order valence-corrected chi connectivity index (χ3v) is 4.83. The second-order valence-electron chi connectivity index (χ2n) is 7.23. The van der Waals surface area contributed by atoms with E-state index in [-0.39, 0.29) is 5.75 Å². The number of anilines is 1. The number of aryl methyl sites for hydroxylation is 1. The number of alkyl halides is 1. The molecule has 3 aromatic carbocycles. The van der Waals surface area contributed by atoms with Gasteiger partial charge in [-0.25, -0.2) is 4.39 Å². The Morgan fingerprint density at radius 2 is 1.53 bits per heavy atom. The predicted octanol–water partition coefficient (Wildman–Crippen LogP) is 4.58. The van der Waals surface area contributed by atoms with E-state index in [4.69, 9.17) is 11.5 Å². The third-order valence-electron chi connectivity index (χ3n) is 4.83. The Labute approximate surface area is 175 Å². The van der Waals surface area contributed by atoms with E-state index in [1.165, 1.54) is 17.7 Å². The Bertz CT molecular complexity index is 1060. The number of nitrogens with two attached hydrogens (primary N) is 2. The molecular weight excluding hydrogens is 379 g/mol. The lowest BCUT2D eigenvalue weighted by molar-refractivity contribution is 0.0627. The first kappa shape index (κ1) is 21.3. The number of rotatable bonds is 2. The zero-order valence-electron chi connectivity index (χ0n) is 16.7. The van der Waals surface area contributed by atoms with Crippen LogP contribution in [0.4, 0.5) is 10.1 Å². The Hall–Kier alpha value is -3.41. The second-order valence-corrected chi connectivity index (χ2v) is 7.23. The molecule has 0 aromatic heterocycles. The SMILES string of the molecule is Cc1ccc(-c2ccc(N)c(O)c2)cc1.NC1(F)C=CC(c2ccccc2)=CC1O. The summed E-state index contributed by atoms with van der Waals surface area (Å²) in [5.41, 5.74) is 16.1. The molecule has 0 saturated heterocycles. The van der Waals surface area contributed by atoms with Crippen molar-refractivity contribution in [2.24, 2.45) is 5.73 Å². The van der Waals surface area contributed by atoms with Crippen molar-refractivity contribution >= 4 is 11.3 Å². The highest BCUT2D eigenvalue weighted by Crippen LogP contribution is 2.28. The normalized spacial score (nSPS) is 20.1. The molecule has 0 fully saturated rings. The lowest BCUT2D eigenvalue weighted by Gasteiger charge is -2.24. The molecule has 0 amide bonds. The number of phenols is 1. The van der Waals surface area contributed by atoms with Crippen LogP contribution in [0.25, 0.3) is 16.7 Å². The van der Waals surface area contributed by atoms with Crippen LogP contribution in [0.1, 0.15) is 11.1 Å². The lowest BCUT2D eigenvalue weighted by Crippen LogP contribution is -2.45. The fourth-order valence-corrected chi connectivity index (χ4v) is 2.96. The van der Waals surface area contributed by atoms with Crippen LogP contribution in [-0.2, 0) is 0 Å². The fraction of sp³-hybridized carbons (Fsp3) is 0.120. The van der Waals surface area contributed by atoms with Gasteiger partial charge in [0, 0.05) is 0 Å². The van der Waals surface area contributed by atoms with Gasteiger partial charge in [0.15, 0.2) is 0 Å². The van der Waals surface area contributed by atoms with E-state index < -0.39 is 11.9 Å². The van der Waals surface area contributed by atoms with Gasteiger partial charge in [-0.2, -0.15) is 0 Å². The number of aliphatic hydroxyl groups excluding tert-OH is 1. The van der Waals surface area contributed by atoms with Crippen LogP contribution in [0.2, 0.25) is 0 Å². The maximum atomic E-state index is 13.4. The number of aromatic hydroxyl groups is 1. The molecule has 6 N–H and O–H groups in total. The minimum atomic E-state index is -2.15. The maximum absolute atomic E-state index is 13.4. The van der Waals surface area contributed by atoms with Crippen molar-refractivity contribution in [2.45, 2.75) is 18.8 Å². The van der Waals surface area contributed by atoms with Gasteiger partial charge in [-0.3, -0.25) is 5.73 Å². The summed E-state index contributed by atoms with van der Waals surface area (Å²) in [6.45, 7) is 2.05. The number of nitrogen functional groups attached to an aromatic ring is 1. The zero-order chi connectivity index (χ0) is 21.7. The topological polar surface area (TPSA) is 92.5 Å². The first-order valence-electron chi connectivity index (χ1n) is 9.54. The molecule has 1 aliphatic carbocycles. The summed E-state index contributed by atoms with van der Waals surface area (Å²) in [7, 11) is 0. The van der Waals surface area contributed by atoms with Gasteiger partial charge in [-0.15, -0.1) is 0 Å². The first-order valence-corrected chi connectivity index (χ1v) is 9.54. The number of phenolic OH excluding ortho intramolecular Hbond substituents is 1. The molecule has 0 bridgehead atoms. The van der Waals surface area contributed by atoms with Crippen LogP contribution in [0.3, 0.4) is 0 Å². The summed E-state index contributed by atoms with van der Waals surface area (Å²) in [5, 5.41) is 18.9. The summed E-state index contributed by atoms with van der Waals surface area (Å²) >= 11 is 0. The molecule has 0 saturated carbocycles. The van der Waals surface area contributed by atoms with Gasteiger partial charge in [0.2, 0.25) is 5.79 Å². The van der Waals surface area contributed by atoms with E-state index in [9.17, 15) is 14.6 Å². The van der Waals surface area contributed by atoms with E-state index in [1.54, 1.807) is 18.2 Å². The summed E-state index contributed by atoms with van der Waals surface area (Å²) in [6.07, 6.45) is 2.90. The zero-order valence-corrected chi connectivity index (χ0v) is 16.7. The number of hydrogen-bond acceptors (Lipinski definition) is 4. The van der Waals surface area contributed by atoms with Crippen molar-refractivity contribution in [1.82, 2.24) is 0 Å². The Morgan fingerprint density at radius 3 is 2.13 bits per heavy atom. The Balaban J connectivity index is 0.000000171. The summed E-state index contributed by atoms with van der Waals surface area (Å²) in [6, 6.07) is 22.9. The van der Waals surface area contributed by atoms with Crippen LogP contribution in [0.15, 0.2) is 91.0 Å². The summed E-state index contributed by atoms with van der Waals surface area (Å²) < 4.78 is 13.4. The largest absolute Gasteiger partial charge is 0.506 e. The Morgan fingerprint density at radius 1 is 0.900 bits per heavy atom. The standard InChI is InChI=1S/C13H13NO.C12H12FNO/c1-9-2-4-10(5-3-9)11-6-7-12(14)13(15)8-11;13-12(14)7-6-10(8-11(12)15)9-4-2-1-3-5-9/h2-8,15H,14H2,1H3;1-8,11,15H,14H2. The third kappa shape index (κ3) is 5.14. The van der Waals surface area contributed by atoms with Crippen molar-refractivity contribution < 1.29 is 14.6 Å². The lowest BCUT2D eigenvalue weighted by atomic mass is 9.94. The van der Waals surface area contributed by atoms with Crippen LogP contribution in [0, 0.1) is 6.92 Å². The highest BCUT2D eigenvalue weighted by Gasteiger charge is 2.31. The van der Waals surface area contributed by atoms with Crippen LogP contribution in [0.5, 0.6) is 5.75 Å². The highest BCUT2D eigenvalue weighted by atomic mass is 19.1. The van der Waals surface area contributed by atoms with Crippen molar-refractivity contribution in [1.29, 1.82) is 0 Å². The highest BCUT2D eigenvalue weighted by molar-refractivity contribution is 5.76. The van der Waals surface area contributed by atoms with Crippen LogP contribution in [-0.4, -0.2) is 22.1 Å². The molecule has 154 valence electrons. The molecule has 2 unspecified atom stereocenters. The summed E-state index contributed by atoms with van der Waals surface area (Å²) in [4.78, 5) is 0. The van der Waals surface area contributed by atoms with Gasteiger partial charge in [0.05, 0.1) is 5.69 Å². The molecular formula is C25H25FN2O2. The molecule has 3 aromatic rings. The van der Waals surface area contributed by atoms with E-state index in [2.05, 4.69) is 0 Å². The number of halogens is 1. The number of benzene rings is 3. The van der Waals surface area contributed by atoms with Crippen molar-refractivity contribution in [3.63, 3.8) is 0 Å². The monoisotopic (exact) mass is 404 g/mol. The van der Waals surface area contributed by atoms with Crippen LogP contribution < -0.4 is 11.5 Å². The molecule has 4 rings (SSSR count). The van der Waals surface area contributed by atoms with E-state index in [0.29, 0.717) is 5.69 Å². The van der Waals surface area contributed by atoms with Gasteiger partial charge in [-0.05, 0) is 53.5 Å². The minimum absolute atomic E-state index is 0.132. The molecule has 2 atom stereocenters. The molecule has 0 aliphatic heterocycles. The molecule has 0 radical (unpaired) electrons. The molecule has 1 aliphatic rings. The Kier molecular flexibility index (Phi) is 6.35. The molecule has 4 nitrogen and oxygen atoms in total. The quantitative estimate of drug-likeness (QED) is 0.286. The second kappa shape index (κ2) is 8.95. The maximum Gasteiger partial charge on any atom is 0.207 e. The average Bonchev–Trinajstić information content (AvgIpc) is 2.74. The number of aliphatic hydroxyl groups is 1. The summed E-state index contributed by atoms with van der Waals surface area (Å²) in [5.74, 6) is -2.02. The van der Waals surface area contributed by atoms with E-state index in [0.717, 1.165) is 22.3 Å². The average molecular weight is 404 g/mol. The van der Waals surface area contributed by atoms with E-state index >= 15 is 0 Å². The number of hydrogen-bond donors (Lipinski definition) is 4. The van der Waals surface area contributed by atoms with Gasteiger partial charge < -0.3 is 15.9 Å². The van der Waals surface area contributed by atoms with Gasteiger partial charge in [-0.1, -0.05) is 72.3 Å². The molecule has 0 heterocycles. The molecule has 5 heteroatoms. The predicted molar refractivity (Wildman–Crippen MR) is 120 cm³/mol. The van der Waals surface area contributed by atoms with Crippen molar-refractivity contribution in [2.75, 3.05) is 5.73 Å². The first-order chi connectivity index (χ1) is 14.3. The number of allylic oxidation sites excluding steroid dienone is 2. The molecule has 0 spiro atoms. The smallest absolute Gasteiger partial charge is 0.207 e. The van der Waals surface area contributed by atoms with Gasteiger partial charge in [0.1, 0.15) is 11.9 Å². The van der Waals surface area contributed by atoms with Crippen LogP contribution >= 0.6 is 0 Å².